The van der Waals surface area contributed by atoms with Crippen LogP contribution in [0, 0.1) is 11.7 Å². The SMILES string of the molecule is COC(=O)N[C@@H](c1cccc(F)c1)C(C(C)=O)C(=O)OC. The number of carbonyl (C=O) groups is 3. The minimum absolute atomic E-state index is 0.256. The molecule has 1 N–H and O–H groups in total. The number of halogens is 1. The van der Waals surface area contributed by atoms with E-state index in [4.69, 9.17) is 0 Å². The zero-order valence-corrected chi connectivity index (χ0v) is 11.9. The van der Waals surface area contributed by atoms with Crippen LogP contribution in [0.25, 0.3) is 0 Å². The Morgan fingerprint density at radius 2 is 1.86 bits per heavy atom. The van der Waals surface area contributed by atoms with Crippen molar-refractivity contribution in [1.29, 1.82) is 0 Å². The Morgan fingerprint density at radius 1 is 1.19 bits per heavy atom. The average molecular weight is 297 g/mol. The highest BCUT2D eigenvalue weighted by atomic mass is 19.1. The van der Waals surface area contributed by atoms with Crippen LogP contribution < -0.4 is 5.32 Å². The number of nitrogens with one attached hydrogen (secondary N) is 1. The Morgan fingerprint density at radius 3 is 2.33 bits per heavy atom. The second-order valence-corrected chi connectivity index (χ2v) is 4.28. The first-order valence-corrected chi connectivity index (χ1v) is 6.09. The van der Waals surface area contributed by atoms with Crippen molar-refractivity contribution in [3.8, 4) is 0 Å². The Labute approximate surface area is 121 Å². The van der Waals surface area contributed by atoms with E-state index in [2.05, 4.69) is 14.8 Å². The van der Waals surface area contributed by atoms with Crippen molar-refractivity contribution < 1.29 is 28.2 Å². The number of methoxy groups -OCH3 is 2. The van der Waals surface area contributed by atoms with Gasteiger partial charge in [-0.05, 0) is 24.6 Å². The zero-order chi connectivity index (χ0) is 16.0. The van der Waals surface area contributed by atoms with Crippen molar-refractivity contribution in [3.05, 3.63) is 35.6 Å². The fourth-order valence-electron chi connectivity index (χ4n) is 1.91. The van der Waals surface area contributed by atoms with Gasteiger partial charge in [-0.25, -0.2) is 9.18 Å². The van der Waals surface area contributed by atoms with E-state index >= 15 is 0 Å². The third-order valence-corrected chi connectivity index (χ3v) is 2.89. The van der Waals surface area contributed by atoms with Crippen LogP contribution >= 0.6 is 0 Å². The monoisotopic (exact) mass is 297 g/mol. The minimum atomic E-state index is -1.30. The molecule has 0 aliphatic carbocycles. The summed E-state index contributed by atoms with van der Waals surface area (Å²) >= 11 is 0. The molecule has 0 bridgehead atoms. The van der Waals surface area contributed by atoms with E-state index in [1.165, 1.54) is 25.1 Å². The number of Topliss-reactive ketones (excluding diaryl/α,β-unsaturated/α-hetero) is 1. The van der Waals surface area contributed by atoms with Gasteiger partial charge in [0.05, 0.1) is 20.3 Å². The van der Waals surface area contributed by atoms with Crippen molar-refractivity contribution in [2.45, 2.75) is 13.0 Å². The van der Waals surface area contributed by atoms with Gasteiger partial charge in [-0.2, -0.15) is 0 Å². The number of benzene rings is 1. The van der Waals surface area contributed by atoms with Crippen LogP contribution in [-0.4, -0.2) is 32.1 Å². The predicted octanol–water partition coefficient (Wildman–Crippen LogP) is 1.60. The van der Waals surface area contributed by atoms with Gasteiger partial charge in [0.1, 0.15) is 17.5 Å². The van der Waals surface area contributed by atoms with Gasteiger partial charge in [0.25, 0.3) is 0 Å². The summed E-state index contributed by atoms with van der Waals surface area (Å²) in [7, 11) is 2.26. The van der Waals surface area contributed by atoms with Gasteiger partial charge in [-0.1, -0.05) is 12.1 Å². The van der Waals surface area contributed by atoms with Crippen LogP contribution in [-0.2, 0) is 19.1 Å². The normalized spacial score (nSPS) is 13.0. The molecule has 0 fully saturated rings. The van der Waals surface area contributed by atoms with Crippen LogP contribution in [0.4, 0.5) is 9.18 Å². The second kappa shape index (κ2) is 7.37. The summed E-state index contributed by atoms with van der Waals surface area (Å²) in [6, 6.07) is 4.14. The number of esters is 1. The van der Waals surface area contributed by atoms with Crippen molar-refractivity contribution in [3.63, 3.8) is 0 Å². The van der Waals surface area contributed by atoms with Crippen molar-refractivity contribution in [2.24, 2.45) is 5.92 Å². The molecule has 0 radical (unpaired) electrons. The quantitative estimate of drug-likeness (QED) is 0.659. The molecule has 0 aliphatic heterocycles. The number of rotatable bonds is 5. The fraction of sp³-hybridized carbons (Fsp3) is 0.357. The molecule has 1 aromatic carbocycles. The van der Waals surface area contributed by atoms with Gasteiger partial charge in [-0.3, -0.25) is 9.59 Å². The summed E-state index contributed by atoms with van der Waals surface area (Å²) in [6.07, 6.45) is -0.848. The number of alkyl carbamates (subject to hydrolysis) is 1. The molecule has 21 heavy (non-hydrogen) atoms. The van der Waals surface area contributed by atoms with Gasteiger partial charge in [-0.15, -0.1) is 0 Å². The Kier molecular flexibility index (Phi) is 5.83. The average Bonchev–Trinajstić information content (AvgIpc) is 2.45. The van der Waals surface area contributed by atoms with Crippen molar-refractivity contribution in [2.75, 3.05) is 14.2 Å². The van der Waals surface area contributed by atoms with Crippen molar-refractivity contribution >= 4 is 17.8 Å². The first-order chi connectivity index (χ1) is 9.90. The van der Waals surface area contributed by atoms with Crippen LogP contribution in [0.2, 0.25) is 0 Å². The predicted molar refractivity (Wildman–Crippen MR) is 70.9 cm³/mol. The van der Waals surface area contributed by atoms with E-state index in [0.29, 0.717) is 0 Å². The molecule has 1 unspecified atom stereocenters. The Bertz CT molecular complexity index is 546. The fourth-order valence-corrected chi connectivity index (χ4v) is 1.91. The summed E-state index contributed by atoms with van der Waals surface area (Å²) in [6.45, 7) is 1.19. The Balaban J connectivity index is 3.25. The third kappa shape index (κ3) is 4.27. The van der Waals surface area contributed by atoms with Crippen LogP contribution in [0.5, 0.6) is 0 Å². The van der Waals surface area contributed by atoms with E-state index in [0.717, 1.165) is 20.3 Å². The standard InChI is InChI=1S/C14H16FNO5/c1-8(17)11(13(18)20-2)12(16-14(19)21-3)9-5-4-6-10(15)7-9/h4-7,11-12H,1-3H3,(H,16,19)/t11?,12-/m0/s1. The lowest BCUT2D eigenvalue weighted by Crippen LogP contribution is -2.40. The number of ketones is 1. The van der Waals surface area contributed by atoms with E-state index < -0.39 is 35.6 Å². The second-order valence-electron chi connectivity index (χ2n) is 4.28. The zero-order valence-electron chi connectivity index (χ0n) is 11.9. The highest BCUT2D eigenvalue weighted by molar-refractivity contribution is 5.99. The molecule has 0 saturated carbocycles. The summed E-state index contributed by atoms with van der Waals surface area (Å²) in [4.78, 5) is 34.9. The molecule has 1 aromatic rings. The Hall–Kier alpha value is -2.44. The summed E-state index contributed by atoms with van der Waals surface area (Å²) < 4.78 is 22.4. The third-order valence-electron chi connectivity index (χ3n) is 2.89. The maximum absolute atomic E-state index is 13.3. The summed E-state index contributed by atoms with van der Waals surface area (Å²) in [5, 5.41) is 2.36. The van der Waals surface area contributed by atoms with E-state index in [1.807, 2.05) is 0 Å². The molecule has 7 heteroatoms. The molecule has 114 valence electrons. The summed E-state index contributed by atoms with van der Waals surface area (Å²) in [5.41, 5.74) is 0.256. The molecule has 2 atom stereocenters. The van der Waals surface area contributed by atoms with Crippen LogP contribution in [0.1, 0.15) is 18.5 Å². The van der Waals surface area contributed by atoms with Gasteiger partial charge < -0.3 is 14.8 Å². The molecule has 0 saturated heterocycles. The van der Waals surface area contributed by atoms with Gasteiger partial charge in [0.2, 0.25) is 0 Å². The lowest BCUT2D eigenvalue weighted by molar-refractivity contribution is -0.150. The van der Waals surface area contributed by atoms with Crippen LogP contribution in [0.3, 0.4) is 0 Å². The highest BCUT2D eigenvalue weighted by Crippen LogP contribution is 2.25. The molecule has 0 aliphatic rings. The first kappa shape index (κ1) is 16.6. The summed E-state index contributed by atoms with van der Waals surface area (Å²) in [5.74, 6) is -3.20. The van der Waals surface area contributed by atoms with E-state index in [9.17, 15) is 18.8 Å². The van der Waals surface area contributed by atoms with Crippen molar-refractivity contribution in [1.82, 2.24) is 5.32 Å². The van der Waals surface area contributed by atoms with Gasteiger partial charge >= 0.3 is 12.1 Å². The lowest BCUT2D eigenvalue weighted by Gasteiger charge is -2.24. The largest absolute Gasteiger partial charge is 0.468 e. The molecule has 6 nitrogen and oxygen atoms in total. The molecule has 1 rings (SSSR count). The number of hydrogen-bond donors (Lipinski definition) is 1. The molecule has 1 amide bonds. The molecule has 0 spiro atoms. The van der Waals surface area contributed by atoms with E-state index in [1.54, 1.807) is 0 Å². The van der Waals surface area contributed by atoms with Gasteiger partial charge in [0.15, 0.2) is 0 Å². The van der Waals surface area contributed by atoms with E-state index in [-0.39, 0.29) is 5.56 Å². The topological polar surface area (TPSA) is 81.7 Å². The smallest absolute Gasteiger partial charge is 0.407 e. The molecule has 0 aromatic heterocycles. The lowest BCUT2D eigenvalue weighted by atomic mass is 9.90. The highest BCUT2D eigenvalue weighted by Gasteiger charge is 2.36. The van der Waals surface area contributed by atoms with Crippen LogP contribution in [0.15, 0.2) is 24.3 Å². The number of hydrogen-bond acceptors (Lipinski definition) is 5. The number of amides is 1. The maximum atomic E-state index is 13.3. The number of ether oxygens (including phenoxy) is 2. The molecule has 0 heterocycles. The first-order valence-electron chi connectivity index (χ1n) is 6.09. The van der Waals surface area contributed by atoms with Gasteiger partial charge in [0, 0.05) is 0 Å². The molecular formula is C14H16FNO5. The maximum Gasteiger partial charge on any atom is 0.407 e. The number of carbonyl (C=O) groups excluding carboxylic acids is 3. The molecular weight excluding hydrogens is 281 g/mol. The minimum Gasteiger partial charge on any atom is -0.468 e.